The largest absolute Gasteiger partial charge is 0.439 e. The van der Waals surface area contributed by atoms with Crippen molar-refractivity contribution in [2.24, 2.45) is 0 Å². The molecule has 4 aromatic rings. The van der Waals surface area contributed by atoms with Crippen LogP contribution >= 0.6 is 23.2 Å². The first-order chi connectivity index (χ1) is 14.4. The Bertz CT molecular complexity index is 1240. The van der Waals surface area contributed by atoms with Crippen molar-refractivity contribution in [3.05, 3.63) is 99.4 Å². The number of carbonyl (C=O) groups is 1. The molecule has 4 nitrogen and oxygen atoms in total. The number of nitrogens with zero attached hydrogens (tertiary/aromatic N) is 2. The standard InChI is InChI=1S/C22H14Cl2F2N2O2/c23-14-4-1-3-13(9-14)11-28(22(29)16-5-2-6-17(25)21(16)26)12-20-27-18-10-15(24)7-8-19(18)30-20/h1-10H,11-12H2. The van der Waals surface area contributed by atoms with Crippen LogP contribution in [0.25, 0.3) is 11.1 Å². The van der Waals surface area contributed by atoms with Gasteiger partial charge in [0.15, 0.2) is 17.2 Å². The second-order valence-electron chi connectivity index (χ2n) is 6.61. The summed E-state index contributed by atoms with van der Waals surface area (Å²) in [5.74, 6) is -2.77. The third-order valence-electron chi connectivity index (χ3n) is 4.45. The number of amides is 1. The van der Waals surface area contributed by atoms with Crippen LogP contribution in [0.15, 0.2) is 65.1 Å². The van der Waals surface area contributed by atoms with Gasteiger partial charge < -0.3 is 9.32 Å². The molecule has 0 atom stereocenters. The van der Waals surface area contributed by atoms with Crippen molar-refractivity contribution in [2.75, 3.05) is 0 Å². The predicted octanol–water partition coefficient (Wildman–Crippen LogP) is 6.26. The van der Waals surface area contributed by atoms with E-state index in [1.165, 1.54) is 17.0 Å². The van der Waals surface area contributed by atoms with Crippen LogP contribution in [0.2, 0.25) is 10.0 Å². The number of hydrogen-bond acceptors (Lipinski definition) is 3. The first kappa shape index (κ1) is 20.3. The van der Waals surface area contributed by atoms with Gasteiger partial charge in [0.25, 0.3) is 5.91 Å². The van der Waals surface area contributed by atoms with Gasteiger partial charge in [-0.2, -0.15) is 0 Å². The number of aromatic nitrogens is 1. The summed E-state index contributed by atoms with van der Waals surface area (Å²) in [6.45, 7) is 0.0302. The Kier molecular flexibility index (Phi) is 5.70. The van der Waals surface area contributed by atoms with E-state index >= 15 is 0 Å². The molecule has 0 aliphatic heterocycles. The molecule has 1 heterocycles. The highest BCUT2D eigenvalue weighted by Crippen LogP contribution is 2.23. The van der Waals surface area contributed by atoms with E-state index in [4.69, 9.17) is 27.6 Å². The molecule has 0 aliphatic carbocycles. The molecule has 152 valence electrons. The van der Waals surface area contributed by atoms with E-state index < -0.39 is 17.5 Å². The van der Waals surface area contributed by atoms with E-state index in [0.29, 0.717) is 26.7 Å². The number of fused-ring (bicyclic) bond motifs is 1. The first-order valence-corrected chi connectivity index (χ1v) is 9.69. The summed E-state index contributed by atoms with van der Waals surface area (Å²) in [7, 11) is 0. The van der Waals surface area contributed by atoms with Crippen LogP contribution < -0.4 is 0 Å². The molecule has 0 N–H and O–H groups in total. The molecule has 1 amide bonds. The summed E-state index contributed by atoms with van der Waals surface area (Å²) in [5, 5.41) is 0.990. The van der Waals surface area contributed by atoms with Gasteiger partial charge in [-0.25, -0.2) is 13.8 Å². The fourth-order valence-electron chi connectivity index (χ4n) is 3.07. The molecule has 1 aromatic heterocycles. The predicted molar refractivity (Wildman–Crippen MR) is 110 cm³/mol. The lowest BCUT2D eigenvalue weighted by molar-refractivity contribution is 0.0709. The van der Waals surface area contributed by atoms with E-state index in [1.54, 1.807) is 42.5 Å². The van der Waals surface area contributed by atoms with E-state index in [-0.39, 0.29) is 24.5 Å². The highest BCUT2D eigenvalue weighted by atomic mass is 35.5. The fraction of sp³-hybridized carbons (Fsp3) is 0.0909. The van der Waals surface area contributed by atoms with Crippen LogP contribution in [0.5, 0.6) is 0 Å². The number of benzene rings is 3. The van der Waals surface area contributed by atoms with Crippen molar-refractivity contribution < 1.29 is 18.0 Å². The summed E-state index contributed by atoms with van der Waals surface area (Å²) < 4.78 is 33.6. The molecule has 0 unspecified atom stereocenters. The maximum absolute atomic E-state index is 14.3. The maximum Gasteiger partial charge on any atom is 0.257 e. The van der Waals surface area contributed by atoms with Crippen LogP contribution in [0, 0.1) is 11.6 Å². The Morgan fingerprint density at radius 3 is 2.53 bits per heavy atom. The zero-order chi connectivity index (χ0) is 21.3. The Balaban J connectivity index is 1.70. The molecule has 0 fully saturated rings. The number of hydrogen-bond donors (Lipinski definition) is 0. The average Bonchev–Trinajstić information content (AvgIpc) is 3.10. The van der Waals surface area contributed by atoms with Crippen LogP contribution in [-0.2, 0) is 13.1 Å². The number of carbonyl (C=O) groups excluding carboxylic acids is 1. The normalized spacial score (nSPS) is 11.1. The molecule has 0 saturated carbocycles. The quantitative estimate of drug-likeness (QED) is 0.363. The smallest absolute Gasteiger partial charge is 0.257 e. The van der Waals surface area contributed by atoms with E-state index in [0.717, 1.165) is 6.07 Å². The average molecular weight is 447 g/mol. The maximum atomic E-state index is 14.3. The molecule has 0 aliphatic rings. The Labute approximate surface area is 180 Å². The van der Waals surface area contributed by atoms with Crippen molar-refractivity contribution in [3.8, 4) is 0 Å². The zero-order valence-corrected chi connectivity index (χ0v) is 16.9. The van der Waals surface area contributed by atoms with Crippen LogP contribution in [0.4, 0.5) is 8.78 Å². The lowest BCUT2D eigenvalue weighted by Gasteiger charge is -2.22. The molecule has 8 heteroatoms. The third kappa shape index (κ3) is 4.30. The fourth-order valence-corrected chi connectivity index (χ4v) is 3.45. The van der Waals surface area contributed by atoms with E-state index in [9.17, 15) is 13.6 Å². The molecule has 0 spiro atoms. The van der Waals surface area contributed by atoms with Gasteiger partial charge >= 0.3 is 0 Å². The molecule has 30 heavy (non-hydrogen) atoms. The van der Waals surface area contributed by atoms with Gasteiger partial charge in [-0.3, -0.25) is 4.79 Å². The SMILES string of the molecule is O=C(c1cccc(F)c1F)N(Cc1cccc(Cl)c1)Cc1nc2cc(Cl)ccc2o1. The second kappa shape index (κ2) is 8.42. The minimum absolute atomic E-state index is 0.0619. The highest BCUT2D eigenvalue weighted by Gasteiger charge is 2.23. The lowest BCUT2D eigenvalue weighted by Crippen LogP contribution is -2.31. The zero-order valence-electron chi connectivity index (χ0n) is 15.4. The number of halogens is 4. The number of oxazole rings is 1. The molecule has 4 rings (SSSR count). The Morgan fingerprint density at radius 2 is 1.73 bits per heavy atom. The Morgan fingerprint density at radius 1 is 0.967 bits per heavy atom. The van der Waals surface area contributed by atoms with Gasteiger partial charge in [0, 0.05) is 16.6 Å². The molecule has 3 aromatic carbocycles. The topological polar surface area (TPSA) is 46.3 Å². The molecule has 0 saturated heterocycles. The number of rotatable bonds is 5. The molecule has 0 bridgehead atoms. The molecule has 0 radical (unpaired) electrons. The van der Waals surface area contributed by atoms with Crippen LogP contribution in [-0.4, -0.2) is 15.8 Å². The van der Waals surface area contributed by atoms with Crippen molar-refractivity contribution in [2.45, 2.75) is 13.1 Å². The summed E-state index contributed by atoms with van der Waals surface area (Å²) in [5.41, 5.74) is 1.37. The lowest BCUT2D eigenvalue weighted by atomic mass is 10.1. The van der Waals surface area contributed by atoms with Gasteiger partial charge in [-0.15, -0.1) is 0 Å². The van der Waals surface area contributed by atoms with Gasteiger partial charge in [-0.1, -0.05) is 41.4 Å². The van der Waals surface area contributed by atoms with Crippen molar-refractivity contribution in [3.63, 3.8) is 0 Å². The van der Waals surface area contributed by atoms with Crippen LogP contribution in [0.3, 0.4) is 0 Å². The second-order valence-corrected chi connectivity index (χ2v) is 7.49. The summed E-state index contributed by atoms with van der Waals surface area (Å²) >= 11 is 12.0. The minimum Gasteiger partial charge on any atom is -0.439 e. The van der Waals surface area contributed by atoms with Gasteiger partial charge in [-0.05, 0) is 48.0 Å². The van der Waals surface area contributed by atoms with E-state index in [2.05, 4.69) is 4.98 Å². The van der Waals surface area contributed by atoms with E-state index in [1.807, 2.05) is 0 Å². The first-order valence-electron chi connectivity index (χ1n) is 8.93. The van der Waals surface area contributed by atoms with Crippen molar-refractivity contribution in [1.82, 2.24) is 9.88 Å². The summed E-state index contributed by atoms with van der Waals surface area (Å²) in [6, 6.07) is 15.4. The van der Waals surface area contributed by atoms with Gasteiger partial charge in [0.1, 0.15) is 5.52 Å². The molecular weight excluding hydrogens is 433 g/mol. The monoisotopic (exact) mass is 446 g/mol. The Hall–Kier alpha value is -2.96. The molecular formula is C22H14Cl2F2N2O2. The summed E-state index contributed by atoms with van der Waals surface area (Å²) in [4.78, 5) is 18.7. The van der Waals surface area contributed by atoms with Crippen molar-refractivity contribution >= 4 is 40.2 Å². The van der Waals surface area contributed by atoms with Crippen molar-refractivity contribution in [1.29, 1.82) is 0 Å². The highest BCUT2D eigenvalue weighted by molar-refractivity contribution is 6.31. The van der Waals surface area contributed by atoms with Gasteiger partial charge in [0.05, 0.1) is 12.1 Å². The van der Waals surface area contributed by atoms with Crippen LogP contribution in [0.1, 0.15) is 21.8 Å². The minimum atomic E-state index is -1.21. The third-order valence-corrected chi connectivity index (χ3v) is 4.92. The summed E-state index contributed by atoms with van der Waals surface area (Å²) in [6.07, 6.45) is 0. The van der Waals surface area contributed by atoms with Gasteiger partial charge in [0.2, 0.25) is 5.89 Å².